The van der Waals surface area contributed by atoms with Crippen LogP contribution >= 0.6 is 0 Å². The molecule has 0 fully saturated rings. The minimum absolute atomic E-state index is 0.216. The Morgan fingerprint density at radius 1 is 1.18 bits per heavy atom. The van der Waals surface area contributed by atoms with E-state index in [-0.39, 0.29) is 12.4 Å². The molecule has 1 unspecified atom stereocenters. The maximum Gasteiger partial charge on any atom is 0.322 e. The minimum Gasteiger partial charge on any atom is -0.481 e. The van der Waals surface area contributed by atoms with E-state index in [9.17, 15) is 4.79 Å². The van der Waals surface area contributed by atoms with E-state index in [4.69, 9.17) is 14.2 Å². The lowest BCUT2D eigenvalue weighted by Gasteiger charge is -2.15. The summed E-state index contributed by atoms with van der Waals surface area (Å²) >= 11 is 0. The van der Waals surface area contributed by atoms with E-state index in [0.29, 0.717) is 17.5 Å². The fourth-order valence-corrected chi connectivity index (χ4v) is 1.89. The van der Waals surface area contributed by atoms with Crippen molar-refractivity contribution in [2.75, 3.05) is 20.8 Å². The van der Waals surface area contributed by atoms with E-state index < -0.39 is 11.9 Å². The summed E-state index contributed by atoms with van der Waals surface area (Å²) in [6, 6.07) is 6.80. The maximum absolute atomic E-state index is 12.3. The van der Waals surface area contributed by atoms with E-state index in [2.05, 4.69) is 15.0 Å². The van der Waals surface area contributed by atoms with E-state index in [1.165, 1.54) is 20.3 Å². The van der Waals surface area contributed by atoms with Gasteiger partial charge in [-0.2, -0.15) is 9.97 Å². The number of methoxy groups -OCH3 is 2. The van der Waals surface area contributed by atoms with Crippen molar-refractivity contribution in [1.29, 1.82) is 0 Å². The van der Waals surface area contributed by atoms with Gasteiger partial charge >= 0.3 is 5.97 Å². The molecule has 2 rings (SSSR count). The molecular formula is C15H17N3O4. The average molecular weight is 303 g/mol. The zero-order chi connectivity index (χ0) is 15.9. The molecule has 116 valence electrons. The van der Waals surface area contributed by atoms with Crippen molar-refractivity contribution < 1.29 is 19.0 Å². The summed E-state index contributed by atoms with van der Waals surface area (Å²) < 4.78 is 15.4. The normalized spacial score (nSPS) is 11.6. The minimum atomic E-state index is -0.842. The number of pyridine rings is 1. The molecule has 0 aliphatic heterocycles. The van der Waals surface area contributed by atoms with Crippen LogP contribution in [0.2, 0.25) is 0 Å². The van der Waals surface area contributed by atoms with Crippen LogP contribution in [0.4, 0.5) is 0 Å². The van der Waals surface area contributed by atoms with Gasteiger partial charge in [-0.1, -0.05) is 6.07 Å². The second-order valence-electron chi connectivity index (χ2n) is 4.25. The van der Waals surface area contributed by atoms with Crippen molar-refractivity contribution >= 4 is 5.97 Å². The first-order chi connectivity index (χ1) is 10.7. The lowest BCUT2D eigenvalue weighted by molar-refractivity contribution is -0.144. The molecule has 7 heteroatoms. The Balaban J connectivity index is 2.51. The number of hydrogen-bond donors (Lipinski definition) is 0. The van der Waals surface area contributed by atoms with E-state index in [1.54, 1.807) is 31.3 Å². The fourth-order valence-electron chi connectivity index (χ4n) is 1.89. The van der Waals surface area contributed by atoms with Gasteiger partial charge < -0.3 is 14.2 Å². The lowest BCUT2D eigenvalue weighted by Crippen LogP contribution is -2.21. The zero-order valence-corrected chi connectivity index (χ0v) is 12.6. The molecule has 7 nitrogen and oxygen atoms in total. The molecule has 0 N–H and O–H groups in total. The van der Waals surface area contributed by atoms with Crippen molar-refractivity contribution in [3.05, 3.63) is 42.0 Å². The molecule has 0 saturated heterocycles. The van der Waals surface area contributed by atoms with Crippen LogP contribution in [0.5, 0.6) is 11.8 Å². The Morgan fingerprint density at radius 3 is 2.36 bits per heavy atom. The van der Waals surface area contributed by atoms with Crippen LogP contribution in [-0.4, -0.2) is 41.7 Å². The molecule has 2 aromatic heterocycles. The highest BCUT2D eigenvalue weighted by Gasteiger charge is 2.29. The smallest absolute Gasteiger partial charge is 0.322 e. The summed E-state index contributed by atoms with van der Waals surface area (Å²) in [6.45, 7) is 1.99. The van der Waals surface area contributed by atoms with Crippen LogP contribution in [0.25, 0.3) is 0 Å². The number of carbonyl (C=O) groups excluding carboxylic acids is 1. The Morgan fingerprint density at radius 2 is 1.86 bits per heavy atom. The van der Waals surface area contributed by atoms with E-state index in [0.717, 1.165) is 0 Å². The molecule has 0 aliphatic rings. The molecular weight excluding hydrogens is 286 g/mol. The first-order valence-electron chi connectivity index (χ1n) is 6.74. The molecule has 0 aliphatic carbocycles. The van der Waals surface area contributed by atoms with E-state index in [1.807, 2.05) is 0 Å². The lowest BCUT2D eigenvalue weighted by atomic mass is 10.0. The molecule has 0 radical (unpaired) electrons. The van der Waals surface area contributed by atoms with Gasteiger partial charge in [0.1, 0.15) is 0 Å². The van der Waals surface area contributed by atoms with E-state index >= 15 is 0 Å². The SMILES string of the molecule is CCOC(=O)C(c1ccccn1)c1nc(OC)cc(OC)n1. The number of carbonyl (C=O) groups is 1. The number of rotatable bonds is 6. The highest BCUT2D eigenvalue weighted by molar-refractivity contribution is 5.80. The van der Waals surface area contributed by atoms with Gasteiger partial charge in [-0.05, 0) is 19.1 Å². The van der Waals surface area contributed by atoms with Gasteiger partial charge in [0, 0.05) is 6.20 Å². The first kappa shape index (κ1) is 15.7. The molecule has 22 heavy (non-hydrogen) atoms. The Bertz CT molecular complexity index is 612. The summed E-state index contributed by atoms with van der Waals surface area (Å²) in [5.74, 6) is -0.505. The van der Waals surface area contributed by atoms with Gasteiger partial charge in [0.05, 0.1) is 32.6 Å². The zero-order valence-electron chi connectivity index (χ0n) is 12.6. The van der Waals surface area contributed by atoms with Crippen LogP contribution in [0, 0.1) is 0 Å². The largest absolute Gasteiger partial charge is 0.481 e. The highest BCUT2D eigenvalue weighted by Crippen LogP contribution is 2.25. The molecule has 2 heterocycles. The van der Waals surface area contributed by atoms with Gasteiger partial charge in [0.2, 0.25) is 11.8 Å². The fraction of sp³-hybridized carbons (Fsp3) is 0.333. The Kier molecular flexibility index (Phi) is 5.24. The summed E-state index contributed by atoms with van der Waals surface area (Å²) in [4.78, 5) is 25.0. The average Bonchev–Trinajstić information content (AvgIpc) is 2.56. The monoisotopic (exact) mass is 303 g/mol. The number of hydrogen-bond acceptors (Lipinski definition) is 7. The highest BCUT2D eigenvalue weighted by atomic mass is 16.5. The second kappa shape index (κ2) is 7.35. The van der Waals surface area contributed by atoms with Crippen molar-refractivity contribution in [2.45, 2.75) is 12.8 Å². The molecule has 0 bridgehead atoms. The van der Waals surface area contributed by atoms with Gasteiger partial charge in [-0.3, -0.25) is 9.78 Å². The van der Waals surface area contributed by atoms with Crippen molar-refractivity contribution in [3.63, 3.8) is 0 Å². The third-order valence-electron chi connectivity index (χ3n) is 2.88. The van der Waals surface area contributed by atoms with Crippen molar-refractivity contribution in [2.24, 2.45) is 0 Å². The standard InChI is InChI=1S/C15H17N3O4/c1-4-22-15(19)13(10-7-5-6-8-16-10)14-17-11(20-2)9-12(18-14)21-3/h5-9,13H,4H2,1-3H3. The number of ether oxygens (including phenoxy) is 3. The van der Waals surface area contributed by atoms with Gasteiger partial charge in [-0.25, -0.2) is 0 Å². The third-order valence-corrected chi connectivity index (χ3v) is 2.88. The van der Waals surface area contributed by atoms with Gasteiger partial charge in [0.15, 0.2) is 11.7 Å². The van der Waals surface area contributed by atoms with Crippen LogP contribution in [-0.2, 0) is 9.53 Å². The molecule has 1 atom stereocenters. The quantitative estimate of drug-likeness (QED) is 0.749. The summed E-state index contributed by atoms with van der Waals surface area (Å²) in [5, 5.41) is 0. The summed E-state index contributed by atoms with van der Waals surface area (Å²) in [7, 11) is 2.96. The molecule has 0 aromatic carbocycles. The molecule has 0 saturated carbocycles. The molecule has 0 amide bonds. The third kappa shape index (κ3) is 3.49. The first-order valence-corrected chi connectivity index (χ1v) is 6.74. The summed E-state index contributed by atoms with van der Waals surface area (Å²) in [5.41, 5.74) is 0.497. The van der Waals surface area contributed by atoms with Gasteiger partial charge in [0.25, 0.3) is 0 Å². The Labute approximate surface area is 128 Å². The van der Waals surface area contributed by atoms with Crippen LogP contribution in [0.1, 0.15) is 24.4 Å². The molecule has 2 aromatic rings. The Hall–Kier alpha value is -2.70. The van der Waals surface area contributed by atoms with Crippen molar-refractivity contribution in [3.8, 4) is 11.8 Å². The topological polar surface area (TPSA) is 83.4 Å². The predicted molar refractivity (Wildman–Crippen MR) is 77.8 cm³/mol. The maximum atomic E-state index is 12.3. The predicted octanol–water partition coefficient (Wildman–Crippen LogP) is 1.58. The van der Waals surface area contributed by atoms with Crippen LogP contribution < -0.4 is 9.47 Å². The van der Waals surface area contributed by atoms with Crippen molar-refractivity contribution in [1.82, 2.24) is 15.0 Å². The van der Waals surface area contributed by atoms with Crippen LogP contribution in [0.15, 0.2) is 30.5 Å². The number of esters is 1. The molecule has 0 spiro atoms. The number of nitrogens with zero attached hydrogens (tertiary/aromatic N) is 3. The summed E-state index contributed by atoms with van der Waals surface area (Å²) in [6.07, 6.45) is 1.60. The van der Waals surface area contributed by atoms with Crippen LogP contribution in [0.3, 0.4) is 0 Å². The van der Waals surface area contributed by atoms with Gasteiger partial charge in [-0.15, -0.1) is 0 Å². The second-order valence-corrected chi connectivity index (χ2v) is 4.25. The number of aromatic nitrogens is 3.